The highest BCUT2D eigenvalue weighted by Gasteiger charge is 2.19. The van der Waals surface area contributed by atoms with Gasteiger partial charge in [0, 0.05) is 19.3 Å². The van der Waals surface area contributed by atoms with Crippen LogP contribution >= 0.6 is 0 Å². The minimum atomic E-state index is -0.785. The highest BCUT2D eigenvalue weighted by molar-refractivity contribution is 5.71. The zero-order valence-electron chi connectivity index (χ0n) is 51.7. The van der Waals surface area contributed by atoms with Crippen LogP contribution in [0.15, 0.2) is 85.1 Å². The summed E-state index contributed by atoms with van der Waals surface area (Å²) in [7, 11) is 0. The Morgan fingerprint density at radius 1 is 0.269 bits per heavy atom. The van der Waals surface area contributed by atoms with Crippen LogP contribution in [0.1, 0.15) is 335 Å². The van der Waals surface area contributed by atoms with Crippen molar-refractivity contribution in [3.63, 3.8) is 0 Å². The third kappa shape index (κ3) is 63.4. The molecule has 0 aliphatic carbocycles. The van der Waals surface area contributed by atoms with Gasteiger partial charge < -0.3 is 14.2 Å². The molecule has 0 heterocycles. The van der Waals surface area contributed by atoms with E-state index in [0.29, 0.717) is 19.3 Å². The third-order valence-electron chi connectivity index (χ3n) is 14.6. The lowest BCUT2D eigenvalue weighted by Gasteiger charge is -2.18. The van der Waals surface area contributed by atoms with Crippen LogP contribution in [0.5, 0.6) is 0 Å². The first-order valence-electron chi connectivity index (χ1n) is 33.6. The minimum absolute atomic E-state index is 0.0814. The molecule has 0 aromatic carbocycles. The van der Waals surface area contributed by atoms with Gasteiger partial charge in [0.1, 0.15) is 13.2 Å². The average molecular weight is 1090 g/mol. The van der Waals surface area contributed by atoms with Crippen molar-refractivity contribution in [1.82, 2.24) is 0 Å². The van der Waals surface area contributed by atoms with Crippen LogP contribution < -0.4 is 0 Å². The summed E-state index contributed by atoms with van der Waals surface area (Å²) in [6.45, 7) is 6.54. The lowest BCUT2D eigenvalue weighted by Crippen LogP contribution is -2.30. The number of ether oxygens (including phenoxy) is 3. The summed E-state index contributed by atoms with van der Waals surface area (Å²) in [6.07, 6.45) is 87.3. The van der Waals surface area contributed by atoms with E-state index in [4.69, 9.17) is 14.2 Å². The van der Waals surface area contributed by atoms with Crippen LogP contribution in [-0.2, 0) is 28.6 Å². The summed E-state index contributed by atoms with van der Waals surface area (Å²) in [4.78, 5) is 38.4. The van der Waals surface area contributed by atoms with Crippen LogP contribution in [0, 0.1) is 0 Å². The molecular weight excluding hydrogens is 961 g/mol. The van der Waals surface area contributed by atoms with Gasteiger partial charge >= 0.3 is 17.9 Å². The Hall–Kier alpha value is -3.41. The Bertz CT molecular complexity index is 1480. The van der Waals surface area contributed by atoms with E-state index in [1.54, 1.807) is 0 Å². The van der Waals surface area contributed by atoms with Crippen LogP contribution in [0.3, 0.4) is 0 Å². The fourth-order valence-corrected chi connectivity index (χ4v) is 9.62. The van der Waals surface area contributed by atoms with Gasteiger partial charge in [0.05, 0.1) is 0 Å². The SMILES string of the molecule is CC/C=C\C/C=C\C/C=C\C/C=C\C/C=C\CCCCCCCCCC(=O)OCC(COC(=O)CCCCCCCCC/C=C\C/C=C\CCCCCC)OC(=O)CCCCCCCCCCCCCCCCCCCCC. The third-order valence-corrected chi connectivity index (χ3v) is 14.6. The molecule has 0 amide bonds. The molecule has 0 saturated heterocycles. The molecule has 0 rings (SSSR count). The van der Waals surface area contributed by atoms with Crippen molar-refractivity contribution in [2.45, 2.75) is 341 Å². The van der Waals surface area contributed by atoms with Gasteiger partial charge in [0.2, 0.25) is 0 Å². The molecular formula is C72H126O6. The van der Waals surface area contributed by atoms with Gasteiger partial charge in [-0.2, -0.15) is 0 Å². The van der Waals surface area contributed by atoms with Crippen molar-refractivity contribution in [2.75, 3.05) is 13.2 Å². The monoisotopic (exact) mass is 1090 g/mol. The number of rotatable bonds is 61. The van der Waals surface area contributed by atoms with Crippen molar-refractivity contribution in [3.05, 3.63) is 85.1 Å². The zero-order chi connectivity index (χ0) is 56.4. The van der Waals surface area contributed by atoms with Crippen LogP contribution in [0.25, 0.3) is 0 Å². The molecule has 0 spiro atoms. The van der Waals surface area contributed by atoms with E-state index >= 15 is 0 Å². The molecule has 1 atom stereocenters. The number of allylic oxidation sites excluding steroid dienone is 14. The van der Waals surface area contributed by atoms with Crippen molar-refractivity contribution in [1.29, 1.82) is 0 Å². The summed E-state index contributed by atoms with van der Waals surface area (Å²) in [6, 6.07) is 0. The molecule has 0 bridgehead atoms. The molecule has 0 aliphatic rings. The molecule has 0 aromatic rings. The first-order chi connectivity index (χ1) is 38.5. The minimum Gasteiger partial charge on any atom is -0.462 e. The molecule has 6 nitrogen and oxygen atoms in total. The van der Waals surface area contributed by atoms with E-state index in [9.17, 15) is 14.4 Å². The summed E-state index contributed by atoms with van der Waals surface area (Å²) in [5, 5.41) is 0. The standard InChI is InChI=1S/C72H126O6/c1-4-7-10-13-16-19-22-25-28-31-34-35-36-37-39-41-44-47-50-53-56-59-62-65-71(74)77-68-69(67-76-70(73)64-61-58-55-52-49-46-43-40-33-30-27-24-21-18-15-12-9-6-3)78-72(75)66-63-60-57-54-51-48-45-42-38-32-29-26-23-20-17-14-11-8-5-2/h7,10,16,19,21,24-25,28,30,33-35,37,39,69H,4-6,8-9,11-15,17-18,20,22-23,26-27,29,31-32,36,38,40-68H2,1-3H3/b10-7-,19-16-,24-21-,28-25-,33-30-,35-34-,39-37-. The van der Waals surface area contributed by atoms with Gasteiger partial charge in [-0.15, -0.1) is 0 Å². The zero-order valence-corrected chi connectivity index (χ0v) is 51.7. The van der Waals surface area contributed by atoms with E-state index in [1.165, 1.54) is 186 Å². The largest absolute Gasteiger partial charge is 0.462 e. The van der Waals surface area contributed by atoms with Gasteiger partial charge in [-0.25, -0.2) is 0 Å². The van der Waals surface area contributed by atoms with Crippen molar-refractivity contribution >= 4 is 17.9 Å². The highest BCUT2D eigenvalue weighted by Crippen LogP contribution is 2.17. The summed E-state index contributed by atoms with van der Waals surface area (Å²) < 4.78 is 17.0. The van der Waals surface area contributed by atoms with Crippen molar-refractivity contribution in [3.8, 4) is 0 Å². The van der Waals surface area contributed by atoms with Crippen LogP contribution in [0.2, 0.25) is 0 Å². The second-order valence-corrected chi connectivity index (χ2v) is 22.4. The van der Waals surface area contributed by atoms with Crippen LogP contribution in [-0.4, -0.2) is 37.2 Å². The van der Waals surface area contributed by atoms with E-state index in [-0.39, 0.29) is 31.1 Å². The Morgan fingerprint density at radius 3 is 0.795 bits per heavy atom. The highest BCUT2D eigenvalue weighted by atomic mass is 16.6. The number of hydrogen-bond acceptors (Lipinski definition) is 6. The second-order valence-electron chi connectivity index (χ2n) is 22.4. The molecule has 78 heavy (non-hydrogen) atoms. The lowest BCUT2D eigenvalue weighted by atomic mass is 10.0. The van der Waals surface area contributed by atoms with Gasteiger partial charge in [0.25, 0.3) is 0 Å². The first-order valence-corrected chi connectivity index (χ1v) is 33.6. The number of esters is 3. The summed E-state index contributed by atoms with van der Waals surface area (Å²) >= 11 is 0. The van der Waals surface area contributed by atoms with Crippen molar-refractivity contribution in [2.24, 2.45) is 0 Å². The molecule has 0 radical (unpaired) electrons. The van der Waals surface area contributed by atoms with E-state index in [2.05, 4.69) is 106 Å². The lowest BCUT2D eigenvalue weighted by molar-refractivity contribution is -0.167. The predicted octanol–water partition coefficient (Wildman–Crippen LogP) is 23.1. The predicted molar refractivity (Wildman–Crippen MR) is 339 cm³/mol. The number of carbonyl (C=O) groups excluding carboxylic acids is 3. The van der Waals surface area contributed by atoms with Gasteiger partial charge in [-0.3, -0.25) is 14.4 Å². The Balaban J connectivity index is 4.39. The normalized spacial score (nSPS) is 12.6. The van der Waals surface area contributed by atoms with E-state index in [1.807, 2.05) is 0 Å². The molecule has 1 unspecified atom stereocenters. The molecule has 0 fully saturated rings. The molecule has 0 saturated carbocycles. The number of unbranched alkanes of at least 4 members (excludes halogenated alkanes) is 36. The fourth-order valence-electron chi connectivity index (χ4n) is 9.62. The quantitative estimate of drug-likeness (QED) is 0.0261. The summed E-state index contributed by atoms with van der Waals surface area (Å²) in [5.74, 6) is -0.881. The van der Waals surface area contributed by atoms with E-state index < -0.39 is 6.10 Å². The molecule has 0 N–H and O–H groups in total. The maximum absolute atomic E-state index is 12.9. The smallest absolute Gasteiger partial charge is 0.306 e. The van der Waals surface area contributed by atoms with Gasteiger partial charge in [-0.1, -0.05) is 305 Å². The average Bonchev–Trinajstić information content (AvgIpc) is 3.44. The van der Waals surface area contributed by atoms with E-state index in [0.717, 1.165) is 109 Å². The molecule has 450 valence electrons. The maximum atomic E-state index is 12.9. The molecule has 0 aromatic heterocycles. The van der Waals surface area contributed by atoms with Crippen molar-refractivity contribution < 1.29 is 28.6 Å². The second kappa shape index (κ2) is 66.1. The summed E-state index contributed by atoms with van der Waals surface area (Å²) in [5.41, 5.74) is 0. The van der Waals surface area contributed by atoms with Gasteiger partial charge in [-0.05, 0) is 96.3 Å². The maximum Gasteiger partial charge on any atom is 0.306 e. The Labute approximate surface area is 484 Å². The fraction of sp³-hybridized carbons (Fsp3) is 0.764. The topological polar surface area (TPSA) is 78.9 Å². The molecule has 0 aliphatic heterocycles. The Morgan fingerprint density at radius 2 is 0.500 bits per heavy atom. The number of carbonyl (C=O) groups is 3. The van der Waals surface area contributed by atoms with Gasteiger partial charge in [0.15, 0.2) is 6.10 Å². The van der Waals surface area contributed by atoms with Crippen LogP contribution in [0.4, 0.5) is 0 Å². The number of hydrogen-bond donors (Lipinski definition) is 0. The molecule has 6 heteroatoms. The first kappa shape index (κ1) is 74.6. The Kier molecular flexibility index (Phi) is 63.2.